The molecule has 68 valence electrons. The van der Waals surface area contributed by atoms with E-state index in [1.807, 2.05) is 0 Å². The van der Waals surface area contributed by atoms with Crippen LogP contribution in [-0.2, 0) is 14.3 Å². The Morgan fingerprint density at radius 1 is 1.50 bits per heavy atom. The van der Waals surface area contributed by atoms with Gasteiger partial charge in [0.15, 0.2) is 5.60 Å². The normalized spacial score (nSPS) is 39.6. The maximum Gasteiger partial charge on any atom is 0.338 e. The lowest BCUT2D eigenvalue weighted by Crippen LogP contribution is -2.51. The Labute approximate surface area is 72.0 Å². The second-order valence-corrected chi connectivity index (χ2v) is 3.74. The third-order valence-corrected chi connectivity index (χ3v) is 3.07. The quantitative estimate of drug-likeness (QED) is 0.553. The summed E-state index contributed by atoms with van der Waals surface area (Å²) in [5.74, 6) is 0.511. The molecule has 2 heterocycles. The molecule has 2 bridgehead atoms. The lowest BCUT2D eigenvalue weighted by Gasteiger charge is -2.43. The van der Waals surface area contributed by atoms with Crippen LogP contribution in [0.25, 0.3) is 0 Å². The van der Waals surface area contributed by atoms with Crippen LogP contribution >= 0.6 is 0 Å². The number of hydrogen-bond acceptors (Lipinski definition) is 3. The molecule has 0 amide bonds. The van der Waals surface area contributed by atoms with E-state index in [0.717, 1.165) is 32.3 Å². The highest BCUT2D eigenvalue weighted by Gasteiger charge is 2.48. The molecule has 12 heavy (non-hydrogen) atoms. The molecule has 1 saturated carbocycles. The van der Waals surface area contributed by atoms with Crippen LogP contribution in [0, 0.1) is 5.92 Å². The molecule has 1 aliphatic carbocycles. The van der Waals surface area contributed by atoms with E-state index < -0.39 is 5.60 Å². The molecule has 0 spiro atoms. The van der Waals surface area contributed by atoms with Crippen molar-refractivity contribution in [3.05, 3.63) is 0 Å². The number of carbonyl (C=O) groups excluding carboxylic acids is 1. The Morgan fingerprint density at radius 2 is 2.17 bits per heavy atom. The minimum absolute atomic E-state index is 0.180. The second kappa shape index (κ2) is 2.73. The highest BCUT2D eigenvalue weighted by atomic mass is 16.6. The van der Waals surface area contributed by atoms with Crippen molar-refractivity contribution < 1.29 is 14.3 Å². The minimum Gasteiger partial charge on any atom is -0.467 e. The van der Waals surface area contributed by atoms with Crippen LogP contribution < -0.4 is 0 Å². The van der Waals surface area contributed by atoms with Gasteiger partial charge in [-0.15, -0.1) is 0 Å². The van der Waals surface area contributed by atoms with Crippen molar-refractivity contribution in [3.63, 3.8) is 0 Å². The van der Waals surface area contributed by atoms with E-state index in [0.29, 0.717) is 5.92 Å². The van der Waals surface area contributed by atoms with Crippen molar-refractivity contribution in [2.45, 2.75) is 31.3 Å². The molecule has 3 heteroatoms. The standard InChI is InChI=1S/C9H14O3/c1-11-8(10)9-4-2-7(3-5-9)6-12-9/h7H,2-6H2,1H3. The Balaban J connectivity index is 2.13. The Kier molecular flexibility index (Phi) is 1.83. The molecule has 2 aliphatic heterocycles. The topological polar surface area (TPSA) is 35.5 Å². The smallest absolute Gasteiger partial charge is 0.338 e. The molecule has 0 unspecified atom stereocenters. The summed E-state index contributed by atoms with van der Waals surface area (Å²) >= 11 is 0. The predicted octanol–water partition coefficient (Wildman–Crippen LogP) is 1.12. The fourth-order valence-electron chi connectivity index (χ4n) is 2.18. The van der Waals surface area contributed by atoms with Gasteiger partial charge in [-0.3, -0.25) is 0 Å². The first-order valence-corrected chi connectivity index (χ1v) is 4.49. The van der Waals surface area contributed by atoms with Crippen LogP contribution in [0.15, 0.2) is 0 Å². The van der Waals surface area contributed by atoms with Crippen molar-refractivity contribution in [1.29, 1.82) is 0 Å². The molecule has 0 aromatic carbocycles. The molecule has 0 aromatic heterocycles. The number of carbonyl (C=O) groups is 1. The molecule has 2 saturated heterocycles. The van der Waals surface area contributed by atoms with Crippen molar-refractivity contribution in [3.8, 4) is 0 Å². The maximum absolute atomic E-state index is 11.4. The van der Waals surface area contributed by atoms with E-state index in [4.69, 9.17) is 9.47 Å². The maximum atomic E-state index is 11.4. The molecule has 3 rings (SSSR count). The fraction of sp³-hybridized carbons (Fsp3) is 0.889. The zero-order chi connectivity index (χ0) is 8.60. The summed E-state index contributed by atoms with van der Waals surface area (Å²) in [7, 11) is 1.43. The van der Waals surface area contributed by atoms with E-state index in [1.165, 1.54) is 7.11 Å². The molecular weight excluding hydrogens is 156 g/mol. The van der Waals surface area contributed by atoms with Crippen LogP contribution in [0.2, 0.25) is 0 Å². The van der Waals surface area contributed by atoms with Gasteiger partial charge in [0.2, 0.25) is 0 Å². The monoisotopic (exact) mass is 170 g/mol. The van der Waals surface area contributed by atoms with E-state index in [1.54, 1.807) is 0 Å². The van der Waals surface area contributed by atoms with Gasteiger partial charge in [0.05, 0.1) is 13.7 Å². The van der Waals surface area contributed by atoms with Gasteiger partial charge in [0.1, 0.15) is 0 Å². The Morgan fingerprint density at radius 3 is 2.58 bits per heavy atom. The number of ether oxygens (including phenoxy) is 2. The molecule has 3 aliphatic rings. The van der Waals surface area contributed by atoms with Crippen LogP contribution in [0.3, 0.4) is 0 Å². The molecular formula is C9H14O3. The van der Waals surface area contributed by atoms with Gasteiger partial charge < -0.3 is 9.47 Å². The van der Waals surface area contributed by atoms with E-state index in [2.05, 4.69) is 0 Å². The Bertz CT molecular complexity index is 178. The second-order valence-electron chi connectivity index (χ2n) is 3.74. The highest BCUT2D eigenvalue weighted by molar-refractivity contribution is 5.79. The van der Waals surface area contributed by atoms with Crippen LogP contribution in [0.4, 0.5) is 0 Å². The van der Waals surface area contributed by atoms with Gasteiger partial charge in [0, 0.05) is 0 Å². The zero-order valence-electron chi connectivity index (χ0n) is 7.34. The summed E-state index contributed by atoms with van der Waals surface area (Å²) in [4.78, 5) is 11.4. The molecule has 3 nitrogen and oxygen atoms in total. The van der Waals surface area contributed by atoms with Gasteiger partial charge in [-0.05, 0) is 31.6 Å². The SMILES string of the molecule is COC(=O)C12CCC(CC1)CO2. The number of hydrogen-bond donors (Lipinski definition) is 0. The predicted molar refractivity (Wildman–Crippen MR) is 42.7 cm³/mol. The number of fused-ring (bicyclic) bond motifs is 3. The average Bonchev–Trinajstić information content (AvgIpc) is 2.19. The summed E-state index contributed by atoms with van der Waals surface area (Å²) in [6, 6.07) is 0. The third kappa shape index (κ3) is 1.04. The number of methoxy groups -OCH3 is 1. The van der Waals surface area contributed by atoms with Crippen molar-refractivity contribution in [2.75, 3.05) is 13.7 Å². The Hall–Kier alpha value is -0.570. The lowest BCUT2D eigenvalue weighted by molar-refractivity contribution is -0.193. The van der Waals surface area contributed by atoms with E-state index in [9.17, 15) is 4.79 Å². The van der Waals surface area contributed by atoms with Gasteiger partial charge >= 0.3 is 5.97 Å². The van der Waals surface area contributed by atoms with Crippen LogP contribution in [0.5, 0.6) is 0 Å². The highest BCUT2D eigenvalue weighted by Crippen LogP contribution is 2.41. The van der Waals surface area contributed by atoms with Gasteiger partial charge in [-0.1, -0.05) is 0 Å². The minimum atomic E-state index is -0.566. The third-order valence-electron chi connectivity index (χ3n) is 3.07. The van der Waals surface area contributed by atoms with Gasteiger partial charge in [-0.25, -0.2) is 4.79 Å². The van der Waals surface area contributed by atoms with Crippen molar-refractivity contribution in [2.24, 2.45) is 5.92 Å². The van der Waals surface area contributed by atoms with Gasteiger partial charge in [0.25, 0.3) is 0 Å². The largest absolute Gasteiger partial charge is 0.467 e. The summed E-state index contributed by atoms with van der Waals surface area (Å²) in [5, 5.41) is 0. The molecule has 0 radical (unpaired) electrons. The summed E-state index contributed by atoms with van der Waals surface area (Å²) in [5.41, 5.74) is -0.566. The number of rotatable bonds is 1. The van der Waals surface area contributed by atoms with Gasteiger partial charge in [-0.2, -0.15) is 0 Å². The first-order chi connectivity index (χ1) is 5.77. The van der Waals surface area contributed by atoms with Crippen molar-refractivity contribution >= 4 is 5.97 Å². The van der Waals surface area contributed by atoms with Crippen molar-refractivity contribution in [1.82, 2.24) is 0 Å². The summed E-state index contributed by atoms with van der Waals surface area (Å²) in [6.45, 7) is 0.745. The molecule has 0 aromatic rings. The average molecular weight is 170 g/mol. The fourth-order valence-corrected chi connectivity index (χ4v) is 2.18. The van der Waals surface area contributed by atoms with Crippen LogP contribution in [0.1, 0.15) is 25.7 Å². The first-order valence-electron chi connectivity index (χ1n) is 4.49. The van der Waals surface area contributed by atoms with Crippen LogP contribution in [-0.4, -0.2) is 25.3 Å². The van der Waals surface area contributed by atoms with E-state index >= 15 is 0 Å². The molecule has 0 N–H and O–H groups in total. The first kappa shape index (κ1) is 8.05. The summed E-state index contributed by atoms with van der Waals surface area (Å²) in [6.07, 6.45) is 3.94. The van der Waals surface area contributed by atoms with E-state index in [-0.39, 0.29) is 5.97 Å². The lowest BCUT2D eigenvalue weighted by atomic mass is 9.76. The molecule has 0 atom stereocenters. The number of esters is 1. The zero-order valence-corrected chi connectivity index (χ0v) is 7.34. The molecule has 3 fully saturated rings. The summed E-state index contributed by atoms with van der Waals surface area (Å²) < 4.78 is 10.3.